The number of nitrogens with zero attached hydrogens (tertiary/aromatic N) is 3. The third-order valence-corrected chi connectivity index (χ3v) is 3.84. The normalized spacial score (nSPS) is 13.5. The van der Waals surface area contributed by atoms with E-state index in [1.54, 1.807) is 30.6 Å². The minimum absolute atomic E-state index is 0.0231. The lowest BCUT2D eigenvalue weighted by molar-refractivity contribution is -0.139. The number of aromatic nitrogens is 2. The van der Waals surface area contributed by atoms with Crippen molar-refractivity contribution in [1.82, 2.24) is 9.78 Å². The van der Waals surface area contributed by atoms with Crippen LogP contribution in [0.15, 0.2) is 72.4 Å². The molecule has 3 rings (SSSR count). The van der Waals surface area contributed by atoms with Gasteiger partial charge in [0.2, 0.25) is 0 Å². The lowest BCUT2D eigenvalue weighted by Gasteiger charge is -2.25. The summed E-state index contributed by atoms with van der Waals surface area (Å²) < 4.78 is 25.2. The molecule has 1 aromatic heterocycles. The average Bonchev–Trinajstić information content (AvgIpc) is 3.12. The second-order valence-electron chi connectivity index (χ2n) is 5.40. The minimum atomic E-state index is -0.776. The Morgan fingerprint density at radius 1 is 1.07 bits per heavy atom. The molecule has 1 aliphatic heterocycles. The van der Waals surface area contributed by atoms with Crippen molar-refractivity contribution < 1.29 is 23.5 Å². The molecule has 0 radical (unpaired) electrons. The molecule has 7 nitrogen and oxygen atoms in total. The van der Waals surface area contributed by atoms with Crippen LogP contribution in [-0.4, -0.2) is 35.9 Å². The number of carbonyl (C=O) groups excluding carboxylic acids is 2. The molecule has 0 spiro atoms. The summed E-state index contributed by atoms with van der Waals surface area (Å²) >= 11 is 0. The van der Waals surface area contributed by atoms with Gasteiger partial charge in [-0.15, -0.1) is 0 Å². The third kappa shape index (κ3) is 3.50. The number of hydrogen-bond acceptors (Lipinski definition) is 6. The fourth-order valence-corrected chi connectivity index (χ4v) is 2.65. The standard InChI is InChI=1S/C19H16FN3O4/c1-26-18(24)14-6-3-4-10-22(17(14)19(25)27-2)16-12-13(20)7-8-15(16)23-11-5-9-21-23/h3-12H,1-2H3. The van der Waals surface area contributed by atoms with Crippen LogP contribution < -0.4 is 4.90 Å². The van der Waals surface area contributed by atoms with Gasteiger partial charge in [0.25, 0.3) is 0 Å². The number of anilines is 1. The van der Waals surface area contributed by atoms with E-state index < -0.39 is 17.8 Å². The molecule has 138 valence electrons. The number of ether oxygens (including phenoxy) is 2. The predicted octanol–water partition coefficient (Wildman–Crippen LogP) is 2.50. The van der Waals surface area contributed by atoms with E-state index in [0.717, 1.165) is 0 Å². The van der Waals surface area contributed by atoms with Crippen molar-refractivity contribution in [2.45, 2.75) is 0 Å². The highest BCUT2D eigenvalue weighted by Gasteiger charge is 2.29. The SMILES string of the molecule is COC(=O)C1=C(C(=O)OC)N(c2cc(F)ccc2-n2cccn2)C=CC=C1. The zero-order valence-corrected chi connectivity index (χ0v) is 14.6. The predicted molar refractivity (Wildman–Crippen MR) is 95.3 cm³/mol. The van der Waals surface area contributed by atoms with Crippen molar-refractivity contribution in [2.24, 2.45) is 0 Å². The lowest BCUT2D eigenvalue weighted by Crippen LogP contribution is -2.28. The minimum Gasteiger partial charge on any atom is -0.465 e. The number of carbonyl (C=O) groups is 2. The zero-order chi connectivity index (χ0) is 19.4. The molecule has 0 unspecified atom stereocenters. The number of rotatable bonds is 4. The topological polar surface area (TPSA) is 73.7 Å². The lowest BCUT2D eigenvalue weighted by atomic mass is 10.1. The Bertz CT molecular complexity index is 961. The van der Waals surface area contributed by atoms with Gasteiger partial charge >= 0.3 is 11.9 Å². The van der Waals surface area contributed by atoms with E-state index in [0.29, 0.717) is 11.4 Å². The second kappa shape index (κ2) is 7.69. The first-order chi connectivity index (χ1) is 13.1. The number of benzene rings is 1. The maximum Gasteiger partial charge on any atom is 0.355 e. The van der Waals surface area contributed by atoms with E-state index >= 15 is 0 Å². The summed E-state index contributed by atoms with van der Waals surface area (Å²) in [4.78, 5) is 26.1. The monoisotopic (exact) mass is 369 g/mol. The highest BCUT2D eigenvalue weighted by atomic mass is 19.1. The Morgan fingerprint density at radius 3 is 2.52 bits per heavy atom. The first-order valence-electron chi connectivity index (χ1n) is 7.91. The molecule has 2 heterocycles. The van der Waals surface area contributed by atoms with E-state index in [1.807, 2.05) is 0 Å². The quantitative estimate of drug-likeness (QED) is 0.771. The summed E-state index contributed by atoms with van der Waals surface area (Å²) in [6.45, 7) is 0. The molecule has 0 N–H and O–H groups in total. The molecule has 0 bridgehead atoms. The van der Waals surface area contributed by atoms with E-state index in [4.69, 9.17) is 9.47 Å². The van der Waals surface area contributed by atoms with Gasteiger partial charge in [-0.3, -0.25) is 0 Å². The van der Waals surface area contributed by atoms with Crippen molar-refractivity contribution in [3.63, 3.8) is 0 Å². The Hall–Kier alpha value is -3.68. The molecule has 0 atom stereocenters. The highest BCUT2D eigenvalue weighted by molar-refractivity contribution is 6.05. The maximum absolute atomic E-state index is 14.1. The molecule has 0 aliphatic carbocycles. The molecule has 0 saturated carbocycles. The van der Waals surface area contributed by atoms with Gasteiger partial charge in [0, 0.05) is 24.7 Å². The van der Waals surface area contributed by atoms with Crippen LogP contribution in [0.25, 0.3) is 5.69 Å². The van der Waals surface area contributed by atoms with Gasteiger partial charge in [0.05, 0.1) is 31.2 Å². The van der Waals surface area contributed by atoms with Crippen molar-refractivity contribution in [3.8, 4) is 5.69 Å². The Morgan fingerprint density at radius 2 is 1.85 bits per heavy atom. The molecule has 8 heteroatoms. The van der Waals surface area contributed by atoms with Crippen molar-refractivity contribution in [2.75, 3.05) is 19.1 Å². The summed E-state index contributed by atoms with van der Waals surface area (Å²) in [5.41, 5.74) is 0.664. The van der Waals surface area contributed by atoms with Gasteiger partial charge in [0.15, 0.2) is 0 Å². The van der Waals surface area contributed by atoms with Crippen LogP contribution in [-0.2, 0) is 19.1 Å². The van der Waals surface area contributed by atoms with E-state index in [-0.39, 0.29) is 11.3 Å². The molecule has 1 aliphatic rings. The molecule has 1 aromatic carbocycles. The van der Waals surface area contributed by atoms with Crippen LogP contribution in [0.2, 0.25) is 0 Å². The number of methoxy groups -OCH3 is 2. The summed E-state index contributed by atoms with van der Waals surface area (Å²) in [5, 5.41) is 4.16. The summed E-state index contributed by atoms with van der Waals surface area (Å²) in [6.07, 6.45) is 9.39. The molecular weight excluding hydrogens is 353 g/mol. The second-order valence-corrected chi connectivity index (χ2v) is 5.40. The fraction of sp³-hybridized carbons (Fsp3) is 0.105. The largest absolute Gasteiger partial charge is 0.465 e. The highest BCUT2D eigenvalue weighted by Crippen LogP contribution is 2.31. The van der Waals surface area contributed by atoms with Crippen LogP contribution >= 0.6 is 0 Å². The Balaban J connectivity index is 2.27. The molecule has 0 amide bonds. The van der Waals surface area contributed by atoms with E-state index in [1.165, 1.54) is 54.3 Å². The number of esters is 2. The van der Waals surface area contributed by atoms with Gasteiger partial charge in [0.1, 0.15) is 11.5 Å². The molecule has 27 heavy (non-hydrogen) atoms. The van der Waals surface area contributed by atoms with Gasteiger partial charge < -0.3 is 14.4 Å². The van der Waals surface area contributed by atoms with Crippen molar-refractivity contribution in [3.05, 3.63) is 78.2 Å². The molecule has 0 fully saturated rings. The third-order valence-electron chi connectivity index (χ3n) is 3.84. The maximum atomic E-state index is 14.1. The number of hydrogen-bond donors (Lipinski definition) is 0. The summed E-state index contributed by atoms with van der Waals surface area (Å²) in [6, 6.07) is 5.76. The smallest absolute Gasteiger partial charge is 0.355 e. The summed E-state index contributed by atoms with van der Waals surface area (Å²) in [7, 11) is 2.40. The van der Waals surface area contributed by atoms with E-state index in [9.17, 15) is 14.0 Å². The molecular formula is C19H16FN3O4. The Labute approximate surface area is 154 Å². The van der Waals surface area contributed by atoms with Gasteiger partial charge in [-0.1, -0.05) is 6.08 Å². The fourth-order valence-electron chi connectivity index (χ4n) is 2.65. The van der Waals surface area contributed by atoms with Gasteiger partial charge in [-0.25, -0.2) is 18.7 Å². The van der Waals surface area contributed by atoms with E-state index in [2.05, 4.69) is 5.10 Å². The molecule has 2 aromatic rings. The van der Waals surface area contributed by atoms with Crippen molar-refractivity contribution >= 4 is 17.6 Å². The zero-order valence-electron chi connectivity index (χ0n) is 14.6. The van der Waals surface area contributed by atoms with Crippen molar-refractivity contribution in [1.29, 1.82) is 0 Å². The molecule has 0 saturated heterocycles. The Kier molecular flexibility index (Phi) is 5.16. The first-order valence-corrected chi connectivity index (χ1v) is 7.91. The summed E-state index contributed by atoms with van der Waals surface area (Å²) in [5.74, 6) is -2.02. The number of allylic oxidation sites excluding steroid dienone is 2. The van der Waals surface area contributed by atoms with Gasteiger partial charge in [-0.05, 0) is 30.4 Å². The van der Waals surface area contributed by atoms with Crippen LogP contribution in [0.5, 0.6) is 0 Å². The average molecular weight is 369 g/mol. The number of halogens is 1. The van der Waals surface area contributed by atoms with Crippen LogP contribution in [0, 0.1) is 5.82 Å². The van der Waals surface area contributed by atoms with Crippen LogP contribution in [0.4, 0.5) is 10.1 Å². The first kappa shape index (κ1) is 18.1. The van der Waals surface area contributed by atoms with Gasteiger partial charge in [-0.2, -0.15) is 5.10 Å². The van der Waals surface area contributed by atoms with Crippen LogP contribution in [0.1, 0.15) is 0 Å². The van der Waals surface area contributed by atoms with Crippen LogP contribution in [0.3, 0.4) is 0 Å².